The molecule has 34 heavy (non-hydrogen) atoms. The molecular formula is C27H32N2O4S. The number of rotatable bonds is 7. The number of nitrogens with one attached hydrogen (secondary N) is 1. The molecule has 0 radical (unpaired) electrons. The Bertz CT molecular complexity index is 1310. The van der Waals surface area contributed by atoms with Crippen molar-refractivity contribution in [1.82, 2.24) is 4.98 Å². The summed E-state index contributed by atoms with van der Waals surface area (Å²) in [5.41, 5.74) is 6.07. The van der Waals surface area contributed by atoms with Gasteiger partial charge in [-0.3, -0.25) is 4.72 Å². The number of hydrogen-bond acceptors (Lipinski definition) is 5. The minimum absolute atomic E-state index is 0.158. The summed E-state index contributed by atoms with van der Waals surface area (Å²) in [6.45, 7) is 8.40. The van der Waals surface area contributed by atoms with Crippen LogP contribution in [0.4, 0.5) is 5.69 Å². The van der Waals surface area contributed by atoms with Crippen LogP contribution < -0.4 is 14.2 Å². The van der Waals surface area contributed by atoms with E-state index in [1.807, 2.05) is 43.3 Å². The highest BCUT2D eigenvalue weighted by atomic mass is 32.2. The van der Waals surface area contributed by atoms with Crippen molar-refractivity contribution in [3.63, 3.8) is 0 Å². The zero-order valence-electron chi connectivity index (χ0n) is 20.8. The summed E-state index contributed by atoms with van der Waals surface area (Å²) in [7, 11) is -0.00330. The van der Waals surface area contributed by atoms with Crippen LogP contribution in [-0.2, 0) is 15.4 Å². The summed E-state index contributed by atoms with van der Waals surface area (Å²) < 4.78 is 36.8. The van der Waals surface area contributed by atoms with Crippen LogP contribution >= 0.6 is 0 Å². The maximum absolute atomic E-state index is 11.4. The second kappa shape index (κ2) is 9.89. The van der Waals surface area contributed by atoms with E-state index in [1.54, 1.807) is 26.4 Å². The fourth-order valence-electron chi connectivity index (χ4n) is 3.69. The van der Waals surface area contributed by atoms with Gasteiger partial charge in [0.1, 0.15) is 5.75 Å². The standard InChI is InChI=1S/C27H32N2O4S/c1-18-8-15-23(26(28-18)33-6)21-16-20(25(32-5)24(17-21)27(2,3)4)12-9-19-10-13-22(14-11-19)29-34(7,30)31/h8-17,29H,1-7H3/b12-9+. The van der Waals surface area contributed by atoms with Crippen molar-refractivity contribution >= 4 is 27.9 Å². The van der Waals surface area contributed by atoms with Crippen LogP contribution in [0.25, 0.3) is 23.3 Å². The fraction of sp³-hybridized carbons (Fsp3) is 0.296. The SMILES string of the molecule is COc1nc(C)ccc1-c1cc(/C=C/c2ccc(NS(C)(=O)=O)cc2)c(OC)c(C(C)(C)C)c1. The summed E-state index contributed by atoms with van der Waals surface area (Å²) >= 11 is 0. The van der Waals surface area contributed by atoms with E-state index in [-0.39, 0.29) is 5.41 Å². The fourth-order valence-corrected chi connectivity index (χ4v) is 4.25. The van der Waals surface area contributed by atoms with E-state index < -0.39 is 10.0 Å². The molecule has 6 nitrogen and oxygen atoms in total. The Labute approximate surface area is 202 Å². The minimum atomic E-state index is -3.31. The maximum Gasteiger partial charge on any atom is 0.229 e. The van der Waals surface area contributed by atoms with Crippen LogP contribution in [-0.4, -0.2) is 33.9 Å². The molecule has 0 saturated heterocycles. The lowest BCUT2D eigenvalue weighted by molar-refractivity contribution is 0.395. The number of methoxy groups -OCH3 is 2. The molecule has 1 aromatic heterocycles. The third-order valence-electron chi connectivity index (χ3n) is 5.30. The number of ether oxygens (including phenoxy) is 2. The first-order valence-corrected chi connectivity index (χ1v) is 12.8. The molecular weight excluding hydrogens is 448 g/mol. The maximum atomic E-state index is 11.4. The molecule has 0 aliphatic rings. The highest BCUT2D eigenvalue weighted by Gasteiger charge is 2.23. The van der Waals surface area contributed by atoms with Crippen molar-refractivity contribution in [2.45, 2.75) is 33.1 Å². The van der Waals surface area contributed by atoms with Crippen molar-refractivity contribution in [3.05, 3.63) is 70.9 Å². The molecule has 2 aromatic carbocycles. The lowest BCUT2D eigenvalue weighted by Crippen LogP contribution is -2.14. The van der Waals surface area contributed by atoms with Gasteiger partial charge >= 0.3 is 0 Å². The topological polar surface area (TPSA) is 77.5 Å². The number of pyridine rings is 1. The molecule has 3 aromatic rings. The van der Waals surface area contributed by atoms with Crippen molar-refractivity contribution in [1.29, 1.82) is 0 Å². The first kappa shape index (κ1) is 25.3. The molecule has 7 heteroatoms. The van der Waals surface area contributed by atoms with Gasteiger partial charge in [-0.2, -0.15) is 0 Å². The van der Waals surface area contributed by atoms with Crippen LogP contribution in [0.15, 0.2) is 48.5 Å². The predicted octanol–water partition coefficient (Wildman–Crippen LogP) is 5.91. The monoisotopic (exact) mass is 480 g/mol. The van der Waals surface area contributed by atoms with E-state index >= 15 is 0 Å². The second-order valence-corrected chi connectivity index (χ2v) is 11.0. The number of nitrogens with zero attached hydrogens (tertiary/aromatic N) is 1. The Balaban J connectivity index is 2.10. The molecule has 0 amide bonds. The van der Waals surface area contributed by atoms with Crippen molar-refractivity contribution in [2.24, 2.45) is 0 Å². The van der Waals surface area contributed by atoms with Gasteiger partial charge < -0.3 is 9.47 Å². The average molecular weight is 481 g/mol. The highest BCUT2D eigenvalue weighted by molar-refractivity contribution is 7.92. The number of aromatic nitrogens is 1. The first-order valence-electron chi connectivity index (χ1n) is 10.9. The van der Waals surface area contributed by atoms with Gasteiger partial charge in [0.2, 0.25) is 15.9 Å². The van der Waals surface area contributed by atoms with Gasteiger partial charge in [0, 0.05) is 28.1 Å². The van der Waals surface area contributed by atoms with E-state index in [0.29, 0.717) is 11.6 Å². The number of benzene rings is 2. The smallest absolute Gasteiger partial charge is 0.229 e. The molecule has 0 unspecified atom stereocenters. The Morgan fingerprint density at radius 2 is 1.62 bits per heavy atom. The molecule has 0 fully saturated rings. The zero-order valence-corrected chi connectivity index (χ0v) is 21.6. The Morgan fingerprint density at radius 3 is 2.18 bits per heavy atom. The summed E-state index contributed by atoms with van der Waals surface area (Å²) in [6, 6.07) is 15.4. The molecule has 0 atom stereocenters. The van der Waals surface area contributed by atoms with Gasteiger partial charge in [-0.15, -0.1) is 0 Å². The van der Waals surface area contributed by atoms with Gasteiger partial charge in [-0.1, -0.05) is 45.1 Å². The van der Waals surface area contributed by atoms with E-state index in [2.05, 4.69) is 42.6 Å². The molecule has 0 aliphatic heterocycles. The van der Waals surface area contributed by atoms with Gasteiger partial charge in [-0.25, -0.2) is 13.4 Å². The van der Waals surface area contributed by atoms with E-state index in [0.717, 1.165) is 45.5 Å². The molecule has 0 spiro atoms. The Hall–Kier alpha value is -3.32. The molecule has 1 N–H and O–H groups in total. The van der Waals surface area contributed by atoms with E-state index in [4.69, 9.17) is 9.47 Å². The highest BCUT2D eigenvalue weighted by Crippen LogP contribution is 2.40. The quantitative estimate of drug-likeness (QED) is 0.425. The van der Waals surface area contributed by atoms with Crippen molar-refractivity contribution < 1.29 is 17.9 Å². The first-order chi connectivity index (χ1) is 15.9. The molecule has 0 aliphatic carbocycles. The van der Waals surface area contributed by atoms with E-state index in [1.165, 1.54) is 0 Å². The minimum Gasteiger partial charge on any atom is -0.496 e. The average Bonchev–Trinajstić information content (AvgIpc) is 2.76. The van der Waals surface area contributed by atoms with Gasteiger partial charge in [-0.05, 0) is 59.9 Å². The van der Waals surface area contributed by atoms with Crippen molar-refractivity contribution in [3.8, 4) is 22.8 Å². The van der Waals surface area contributed by atoms with Gasteiger partial charge in [0.05, 0.1) is 20.5 Å². The number of sulfonamides is 1. The summed E-state index contributed by atoms with van der Waals surface area (Å²) in [5.74, 6) is 1.39. The van der Waals surface area contributed by atoms with Gasteiger partial charge in [0.25, 0.3) is 0 Å². The lowest BCUT2D eigenvalue weighted by atomic mass is 9.83. The number of anilines is 1. The summed E-state index contributed by atoms with van der Waals surface area (Å²) in [6.07, 6.45) is 5.11. The van der Waals surface area contributed by atoms with Crippen molar-refractivity contribution in [2.75, 3.05) is 25.2 Å². The third-order valence-corrected chi connectivity index (χ3v) is 5.91. The molecule has 0 bridgehead atoms. The molecule has 3 rings (SSSR count). The predicted molar refractivity (Wildman–Crippen MR) is 140 cm³/mol. The molecule has 0 saturated carbocycles. The van der Waals surface area contributed by atoms with Crippen LogP contribution in [0.2, 0.25) is 0 Å². The van der Waals surface area contributed by atoms with Crippen LogP contribution in [0.1, 0.15) is 43.2 Å². The third kappa shape index (κ3) is 6.17. The normalized spacial score (nSPS) is 12.1. The molecule has 180 valence electrons. The van der Waals surface area contributed by atoms with Gasteiger partial charge in [0.15, 0.2) is 0 Å². The molecule has 1 heterocycles. The Kier molecular flexibility index (Phi) is 7.36. The Morgan fingerprint density at radius 1 is 0.941 bits per heavy atom. The van der Waals surface area contributed by atoms with Crippen LogP contribution in [0.3, 0.4) is 0 Å². The van der Waals surface area contributed by atoms with E-state index in [9.17, 15) is 8.42 Å². The number of hydrogen-bond donors (Lipinski definition) is 1. The number of aryl methyl sites for hydroxylation is 1. The zero-order chi connectivity index (χ0) is 25.1. The van der Waals surface area contributed by atoms with Crippen LogP contribution in [0, 0.1) is 6.92 Å². The largest absolute Gasteiger partial charge is 0.496 e. The lowest BCUT2D eigenvalue weighted by Gasteiger charge is -2.25. The summed E-state index contributed by atoms with van der Waals surface area (Å²) in [5, 5.41) is 0. The van der Waals surface area contributed by atoms with Crippen LogP contribution in [0.5, 0.6) is 11.6 Å². The summed E-state index contributed by atoms with van der Waals surface area (Å²) in [4.78, 5) is 4.54. The second-order valence-electron chi connectivity index (χ2n) is 9.24.